The second-order valence-electron chi connectivity index (χ2n) is 7.49. The van der Waals surface area contributed by atoms with Gasteiger partial charge in [0.05, 0.1) is 5.52 Å². The van der Waals surface area contributed by atoms with Crippen molar-refractivity contribution in [1.29, 1.82) is 0 Å². The summed E-state index contributed by atoms with van der Waals surface area (Å²) >= 11 is 0. The summed E-state index contributed by atoms with van der Waals surface area (Å²) < 4.78 is 7.86. The van der Waals surface area contributed by atoms with E-state index in [4.69, 9.17) is 4.74 Å². The van der Waals surface area contributed by atoms with Crippen molar-refractivity contribution < 1.29 is 9.53 Å². The summed E-state index contributed by atoms with van der Waals surface area (Å²) in [6.45, 7) is 0. The predicted octanol–water partition coefficient (Wildman–Crippen LogP) is 4.49. The van der Waals surface area contributed by atoms with Gasteiger partial charge in [-0.15, -0.1) is 0 Å². The number of carbonyl (C=O) groups is 1. The fraction of sp³-hybridized carbons (Fsp3) is 0.208. The maximum absolute atomic E-state index is 12.6. The Morgan fingerprint density at radius 2 is 1.97 bits per heavy atom. The summed E-state index contributed by atoms with van der Waals surface area (Å²) in [6.07, 6.45) is 5.25. The number of rotatable bonds is 5. The van der Waals surface area contributed by atoms with Crippen LogP contribution < -0.4 is 10.1 Å². The Hall–Kier alpha value is -3.85. The van der Waals surface area contributed by atoms with E-state index < -0.39 is 0 Å². The topological polar surface area (TPSA) is 69.0 Å². The molecule has 0 radical (unpaired) electrons. The first-order valence-electron chi connectivity index (χ1n) is 9.93. The SMILES string of the molecule is Cn1ccc2ncnc(Oc3c#cc(C4CCC4C(=O)Nc4ccccc4)cc3)c21. The minimum absolute atomic E-state index is 0.0496. The molecule has 148 valence electrons. The van der Waals surface area contributed by atoms with Crippen molar-refractivity contribution in [1.82, 2.24) is 14.5 Å². The summed E-state index contributed by atoms with van der Waals surface area (Å²) in [5, 5.41) is 3.00. The van der Waals surface area contributed by atoms with Crippen LogP contribution in [0.5, 0.6) is 11.6 Å². The maximum Gasteiger partial charge on any atom is 0.247 e. The summed E-state index contributed by atoms with van der Waals surface area (Å²) in [5.74, 6) is 1.17. The summed E-state index contributed by atoms with van der Waals surface area (Å²) in [4.78, 5) is 21.1. The molecule has 6 nitrogen and oxygen atoms in total. The van der Waals surface area contributed by atoms with Gasteiger partial charge in [0.2, 0.25) is 11.8 Å². The number of para-hydroxylation sites is 1. The largest absolute Gasteiger partial charge is 0.428 e. The molecule has 0 spiro atoms. The molecule has 1 saturated carbocycles. The number of amides is 1. The summed E-state index contributed by atoms with van der Waals surface area (Å²) in [5.41, 5.74) is 3.45. The zero-order valence-corrected chi connectivity index (χ0v) is 16.5. The fourth-order valence-corrected chi connectivity index (χ4v) is 3.87. The van der Waals surface area contributed by atoms with Gasteiger partial charge in [-0.25, -0.2) is 4.98 Å². The van der Waals surface area contributed by atoms with Crippen LogP contribution in [-0.4, -0.2) is 20.4 Å². The van der Waals surface area contributed by atoms with Crippen molar-refractivity contribution in [3.05, 3.63) is 78.8 Å². The van der Waals surface area contributed by atoms with Crippen LogP contribution in [0.4, 0.5) is 5.69 Å². The number of nitrogens with one attached hydrogen (secondary N) is 1. The Bertz CT molecular complexity index is 1190. The minimum Gasteiger partial charge on any atom is -0.428 e. The highest BCUT2D eigenvalue weighted by Crippen LogP contribution is 2.42. The quantitative estimate of drug-likeness (QED) is 0.540. The van der Waals surface area contributed by atoms with Gasteiger partial charge in [-0.2, -0.15) is 4.98 Å². The van der Waals surface area contributed by atoms with E-state index in [1.165, 1.54) is 6.33 Å². The van der Waals surface area contributed by atoms with Gasteiger partial charge in [0.15, 0.2) is 5.75 Å². The van der Waals surface area contributed by atoms with Gasteiger partial charge >= 0.3 is 0 Å². The first-order valence-corrected chi connectivity index (χ1v) is 9.93. The summed E-state index contributed by atoms with van der Waals surface area (Å²) in [7, 11) is 1.93. The van der Waals surface area contributed by atoms with Gasteiger partial charge in [-0.05, 0) is 49.2 Å². The molecule has 4 aromatic rings. The molecule has 2 aromatic heterocycles. The van der Waals surface area contributed by atoms with Crippen molar-refractivity contribution in [3.8, 4) is 11.6 Å². The molecule has 30 heavy (non-hydrogen) atoms. The Kier molecular flexibility index (Phi) is 4.56. The molecule has 0 aliphatic heterocycles. The number of hydrogen-bond donors (Lipinski definition) is 1. The molecule has 2 unspecified atom stereocenters. The third kappa shape index (κ3) is 3.35. The number of fused-ring (bicyclic) bond motifs is 1. The molecule has 0 bridgehead atoms. The molecular formula is C24H20N4O2. The number of ether oxygens (including phenoxy) is 1. The van der Waals surface area contributed by atoms with Crippen LogP contribution >= 0.6 is 0 Å². The van der Waals surface area contributed by atoms with Crippen LogP contribution in [0.1, 0.15) is 24.3 Å². The van der Waals surface area contributed by atoms with Gasteiger partial charge in [0, 0.05) is 36.3 Å². The number of aromatic nitrogens is 3. The first-order chi connectivity index (χ1) is 14.7. The second-order valence-corrected chi connectivity index (χ2v) is 7.49. The maximum atomic E-state index is 12.6. The Balaban J connectivity index is 1.29. The average molecular weight is 396 g/mol. The van der Waals surface area contributed by atoms with E-state index >= 15 is 0 Å². The van der Waals surface area contributed by atoms with E-state index in [1.54, 1.807) is 0 Å². The summed E-state index contributed by atoms with van der Waals surface area (Å²) in [6, 6.07) is 21.5. The smallest absolute Gasteiger partial charge is 0.247 e. The Morgan fingerprint density at radius 1 is 1.10 bits per heavy atom. The first kappa shape index (κ1) is 18.2. The van der Waals surface area contributed by atoms with E-state index in [0.717, 1.165) is 35.1 Å². The van der Waals surface area contributed by atoms with Crippen molar-refractivity contribution in [2.75, 3.05) is 5.32 Å². The van der Waals surface area contributed by atoms with Gasteiger partial charge in [0.1, 0.15) is 11.8 Å². The number of nitrogens with zero attached hydrogens (tertiary/aromatic N) is 3. The van der Waals surface area contributed by atoms with Crippen LogP contribution in [-0.2, 0) is 11.8 Å². The highest BCUT2D eigenvalue weighted by molar-refractivity contribution is 5.93. The minimum atomic E-state index is -0.0496. The lowest BCUT2D eigenvalue weighted by Crippen LogP contribution is -2.35. The highest BCUT2D eigenvalue weighted by Gasteiger charge is 2.37. The lowest BCUT2D eigenvalue weighted by atomic mass is 9.70. The molecule has 2 aromatic carbocycles. The standard InChI is InChI=1S/C24H20N4O2/c1-28-14-13-21-22(28)24(26-15-25-21)30-18-9-7-16(8-10-18)19-11-12-20(19)23(29)27-17-5-3-2-4-6-17/h2-7,9,13-15,19-20H,11-12H2,1H3,(H,27,29). The molecule has 1 fully saturated rings. The number of benzene rings is 1. The number of anilines is 1. The normalized spacial score (nSPS) is 17.8. The Labute approximate surface area is 174 Å². The zero-order chi connectivity index (χ0) is 20.5. The molecule has 5 rings (SSSR count). The fourth-order valence-electron chi connectivity index (χ4n) is 3.87. The van der Waals surface area contributed by atoms with Crippen molar-refractivity contribution in [3.63, 3.8) is 0 Å². The van der Waals surface area contributed by atoms with Crippen LogP contribution in [0.3, 0.4) is 0 Å². The van der Waals surface area contributed by atoms with E-state index in [9.17, 15) is 4.79 Å². The predicted molar refractivity (Wildman–Crippen MR) is 113 cm³/mol. The average Bonchev–Trinajstić information content (AvgIpc) is 3.11. The van der Waals surface area contributed by atoms with E-state index in [-0.39, 0.29) is 17.7 Å². The molecule has 6 heteroatoms. The molecule has 1 N–H and O–H groups in total. The highest BCUT2D eigenvalue weighted by atomic mass is 16.5. The molecule has 2 atom stereocenters. The van der Waals surface area contributed by atoms with Gasteiger partial charge in [-0.1, -0.05) is 24.3 Å². The van der Waals surface area contributed by atoms with Crippen molar-refractivity contribution >= 4 is 22.6 Å². The van der Waals surface area contributed by atoms with Crippen LogP contribution in [0.15, 0.2) is 61.1 Å². The second kappa shape index (κ2) is 7.53. The lowest BCUT2D eigenvalue weighted by molar-refractivity contribution is -0.123. The molecule has 0 saturated heterocycles. The monoisotopic (exact) mass is 396 g/mol. The molecule has 1 amide bonds. The Morgan fingerprint density at radius 3 is 2.70 bits per heavy atom. The van der Waals surface area contributed by atoms with Gasteiger partial charge < -0.3 is 14.6 Å². The molecule has 1 aliphatic rings. The van der Waals surface area contributed by atoms with E-state index in [2.05, 4.69) is 27.4 Å². The molecule has 1 aliphatic carbocycles. The van der Waals surface area contributed by atoms with E-state index in [0.29, 0.717) is 11.6 Å². The number of carbonyl (C=O) groups excluding carboxylic acids is 1. The molecule has 2 heterocycles. The third-order valence-corrected chi connectivity index (χ3v) is 5.63. The van der Waals surface area contributed by atoms with Crippen molar-refractivity contribution in [2.24, 2.45) is 13.0 Å². The van der Waals surface area contributed by atoms with Gasteiger partial charge in [0.25, 0.3) is 0 Å². The third-order valence-electron chi connectivity index (χ3n) is 5.63. The van der Waals surface area contributed by atoms with Crippen molar-refractivity contribution in [2.45, 2.75) is 18.8 Å². The van der Waals surface area contributed by atoms with E-state index in [1.807, 2.05) is 66.3 Å². The number of hydrogen-bond acceptors (Lipinski definition) is 4. The van der Waals surface area contributed by atoms with Gasteiger partial charge in [-0.3, -0.25) is 4.79 Å². The zero-order valence-electron chi connectivity index (χ0n) is 16.5. The van der Waals surface area contributed by atoms with Crippen LogP contribution in [0, 0.1) is 18.1 Å². The lowest BCUT2D eigenvalue weighted by Gasteiger charge is -2.34. The van der Waals surface area contributed by atoms with Crippen LogP contribution in [0.2, 0.25) is 0 Å². The van der Waals surface area contributed by atoms with Crippen LogP contribution in [0.25, 0.3) is 11.0 Å². The molecular weight excluding hydrogens is 376 g/mol. The number of aryl methyl sites for hydroxylation is 1.